The number of carbonyl (C=O) groups excluding carboxylic acids is 3. The molecule has 30 heavy (non-hydrogen) atoms. The molecule has 0 bridgehead atoms. The molecule has 0 fully saturated rings. The highest BCUT2D eigenvalue weighted by molar-refractivity contribution is 5.98. The van der Waals surface area contributed by atoms with Crippen LogP contribution in [0.3, 0.4) is 0 Å². The molecule has 3 amide bonds. The summed E-state index contributed by atoms with van der Waals surface area (Å²) in [5.41, 5.74) is 2.28. The van der Waals surface area contributed by atoms with Crippen molar-refractivity contribution in [3.63, 3.8) is 0 Å². The zero-order valence-corrected chi connectivity index (χ0v) is 17.3. The maximum Gasteiger partial charge on any atom is 0.265 e. The van der Waals surface area contributed by atoms with E-state index in [9.17, 15) is 14.4 Å². The number of anilines is 2. The molecule has 0 aliphatic carbocycles. The fraction of sp³-hybridized carbons (Fsp3) is 0.348. The molecule has 1 aliphatic heterocycles. The van der Waals surface area contributed by atoms with Crippen LogP contribution < -0.4 is 20.3 Å². The summed E-state index contributed by atoms with van der Waals surface area (Å²) in [6, 6.07) is 14.7. The Bertz CT molecular complexity index is 928. The Morgan fingerprint density at radius 3 is 2.77 bits per heavy atom. The van der Waals surface area contributed by atoms with Crippen LogP contribution in [-0.4, -0.2) is 30.9 Å². The van der Waals surface area contributed by atoms with Crippen molar-refractivity contribution in [1.29, 1.82) is 0 Å². The van der Waals surface area contributed by atoms with Crippen LogP contribution in [0.15, 0.2) is 48.5 Å². The number of hydrogen-bond donors (Lipinski definition) is 2. The zero-order chi connectivity index (χ0) is 21.5. The normalized spacial score (nSPS) is 13.8. The number of ether oxygens (including phenoxy) is 1. The first-order valence-corrected chi connectivity index (χ1v) is 10.2. The second-order valence-electron chi connectivity index (χ2n) is 7.33. The average molecular weight is 409 g/mol. The van der Waals surface area contributed by atoms with Crippen molar-refractivity contribution in [1.82, 2.24) is 5.32 Å². The quantitative estimate of drug-likeness (QED) is 0.701. The van der Waals surface area contributed by atoms with Gasteiger partial charge in [-0.05, 0) is 36.2 Å². The Morgan fingerprint density at radius 2 is 1.97 bits per heavy atom. The van der Waals surface area contributed by atoms with Crippen molar-refractivity contribution < 1.29 is 19.1 Å². The third kappa shape index (κ3) is 5.37. The van der Waals surface area contributed by atoms with E-state index in [0.717, 1.165) is 12.0 Å². The Morgan fingerprint density at radius 1 is 1.17 bits per heavy atom. The van der Waals surface area contributed by atoms with Crippen molar-refractivity contribution in [2.45, 2.75) is 33.2 Å². The minimum Gasteiger partial charge on any atom is -0.482 e. The Labute approximate surface area is 176 Å². The standard InChI is InChI=1S/C23H27N3O4/c1-3-16(2)23(29)25-18-8-6-7-17(13-18)14-24-21(27)11-12-26-19-9-4-5-10-20(19)30-15-22(26)28/h4-10,13,16H,3,11-12,14-15H2,1-2H3,(H,24,27)(H,25,29)/t16-/m1/s1. The van der Waals surface area contributed by atoms with Gasteiger partial charge in [-0.3, -0.25) is 14.4 Å². The molecule has 7 nitrogen and oxygen atoms in total. The predicted octanol–water partition coefficient (Wildman–Crippen LogP) is 3.10. The lowest BCUT2D eigenvalue weighted by Gasteiger charge is -2.29. The molecule has 7 heteroatoms. The number of rotatable bonds is 8. The molecule has 2 aromatic rings. The summed E-state index contributed by atoms with van der Waals surface area (Å²) in [5.74, 6) is 0.261. The number of carbonyl (C=O) groups is 3. The molecule has 3 rings (SSSR count). The van der Waals surface area contributed by atoms with Gasteiger partial charge in [0, 0.05) is 31.1 Å². The van der Waals surface area contributed by atoms with Gasteiger partial charge in [-0.25, -0.2) is 0 Å². The largest absolute Gasteiger partial charge is 0.482 e. The second kappa shape index (κ2) is 9.91. The third-order valence-corrected chi connectivity index (χ3v) is 5.11. The molecule has 1 heterocycles. The summed E-state index contributed by atoms with van der Waals surface area (Å²) in [7, 11) is 0. The maximum absolute atomic E-state index is 12.3. The Kier molecular flexibility index (Phi) is 7.06. The molecule has 2 aromatic carbocycles. The minimum atomic E-state index is -0.161. The summed E-state index contributed by atoms with van der Waals surface area (Å²) >= 11 is 0. The maximum atomic E-state index is 12.3. The van der Waals surface area contributed by atoms with E-state index >= 15 is 0 Å². The lowest BCUT2D eigenvalue weighted by molar-refractivity contribution is -0.122. The number of amides is 3. The summed E-state index contributed by atoms with van der Waals surface area (Å²) in [6.07, 6.45) is 0.961. The Balaban J connectivity index is 1.51. The molecule has 0 saturated heterocycles. The molecular formula is C23H27N3O4. The summed E-state index contributed by atoms with van der Waals surface area (Å²) in [4.78, 5) is 38.1. The van der Waals surface area contributed by atoms with E-state index in [1.807, 2.05) is 62.4 Å². The van der Waals surface area contributed by atoms with E-state index in [4.69, 9.17) is 4.74 Å². The van der Waals surface area contributed by atoms with Gasteiger partial charge in [-0.1, -0.05) is 38.1 Å². The van der Waals surface area contributed by atoms with Gasteiger partial charge in [0.05, 0.1) is 5.69 Å². The van der Waals surface area contributed by atoms with E-state index in [2.05, 4.69) is 10.6 Å². The highest BCUT2D eigenvalue weighted by atomic mass is 16.5. The predicted molar refractivity (Wildman–Crippen MR) is 115 cm³/mol. The molecule has 0 saturated carbocycles. The first-order valence-electron chi connectivity index (χ1n) is 10.2. The number of para-hydroxylation sites is 2. The number of benzene rings is 2. The molecule has 0 aromatic heterocycles. The van der Waals surface area contributed by atoms with Gasteiger partial charge in [0.1, 0.15) is 5.75 Å². The van der Waals surface area contributed by atoms with Crippen LogP contribution in [0.4, 0.5) is 11.4 Å². The monoisotopic (exact) mass is 409 g/mol. The van der Waals surface area contributed by atoms with E-state index in [-0.39, 0.29) is 43.2 Å². The first kappa shape index (κ1) is 21.4. The molecule has 1 atom stereocenters. The fourth-order valence-corrected chi connectivity index (χ4v) is 3.11. The Hall–Kier alpha value is -3.35. The molecule has 0 unspecified atom stereocenters. The SMILES string of the molecule is CC[C@@H](C)C(=O)Nc1cccc(CNC(=O)CCN2C(=O)COc3ccccc32)c1. The molecular weight excluding hydrogens is 382 g/mol. The van der Waals surface area contributed by atoms with Gasteiger partial charge in [0.15, 0.2) is 6.61 Å². The van der Waals surface area contributed by atoms with E-state index in [1.54, 1.807) is 4.90 Å². The van der Waals surface area contributed by atoms with Crippen LogP contribution in [0.25, 0.3) is 0 Å². The van der Waals surface area contributed by atoms with Crippen LogP contribution in [-0.2, 0) is 20.9 Å². The van der Waals surface area contributed by atoms with Crippen LogP contribution in [0.2, 0.25) is 0 Å². The lowest BCUT2D eigenvalue weighted by atomic mass is 10.1. The van der Waals surface area contributed by atoms with Gasteiger partial charge in [0.25, 0.3) is 5.91 Å². The summed E-state index contributed by atoms with van der Waals surface area (Å²) < 4.78 is 5.42. The lowest BCUT2D eigenvalue weighted by Crippen LogP contribution is -2.41. The molecule has 0 radical (unpaired) electrons. The number of hydrogen-bond acceptors (Lipinski definition) is 4. The fourth-order valence-electron chi connectivity index (χ4n) is 3.11. The van der Waals surface area contributed by atoms with Gasteiger partial charge in [-0.15, -0.1) is 0 Å². The average Bonchev–Trinajstić information content (AvgIpc) is 2.76. The molecule has 2 N–H and O–H groups in total. The van der Waals surface area contributed by atoms with Crippen molar-refractivity contribution in [3.8, 4) is 5.75 Å². The van der Waals surface area contributed by atoms with Crippen molar-refractivity contribution in [2.75, 3.05) is 23.4 Å². The van der Waals surface area contributed by atoms with Crippen LogP contribution in [0.1, 0.15) is 32.3 Å². The summed E-state index contributed by atoms with van der Waals surface area (Å²) in [6.45, 7) is 4.47. The first-order chi connectivity index (χ1) is 14.5. The van der Waals surface area contributed by atoms with E-state index in [0.29, 0.717) is 23.7 Å². The minimum absolute atomic E-state index is 0.0193. The number of fused-ring (bicyclic) bond motifs is 1. The molecule has 1 aliphatic rings. The van der Waals surface area contributed by atoms with Crippen molar-refractivity contribution >= 4 is 29.1 Å². The van der Waals surface area contributed by atoms with Crippen LogP contribution >= 0.6 is 0 Å². The van der Waals surface area contributed by atoms with E-state index < -0.39 is 0 Å². The van der Waals surface area contributed by atoms with Gasteiger partial charge < -0.3 is 20.3 Å². The second-order valence-corrected chi connectivity index (χ2v) is 7.33. The number of nitrogens with one attached hydrogen (secondary N) is 2. The summed E-state index contributed by atoms with van der Waals surface area (Å²) in [5, 5.41) is 5.77. The highest BCUT2D eigenvalue weighted by Crippen LogP contribution is 2.31. The van der Waals surface area contributed by atoms with Crippen LogP contribution in [0.5, 0.6) is 5.75 Å². The molecule has 158 valence electrons. The van der Waals surface area contributed by atoms with Gasteiger partial charge in [-0.2, -0.15) is 0 Å². The van der Waals surface area contributed by atoms with Gasteiger partial charge in [0.2, 0.25) is 11.8 Å². The van der Waals surface area contributed by atoms with Crippen LogP contribution in [0, 0.1) is 5.92 Å². The molecule has 0 spiro atoms. The number of nitrogens with zero attached hydrogens (tertiary/aromatic N) is 1. The van der Waals surface area contributed by atoms with E-state index in [1.165, 1.54) is 0 Å². The topological polar surface area (TPSA) is 87.7 Å². The van der Waals surface area contributed by atoms with Gasteiger partial charge >= 0.3 is 0 Å². The third-order valence-electron chi connectivity index (χ3n) is 5.11. The van der Waals surface area contributed by atoms with Crippen molar-refractivity contribution in [3.05, 3.63) is 54.1 Å². The zero-order valence-electron chi connectivity index (χ0n) is 17.3. The smallest absolute Gasteiger partial charge is 0.265 e. The van der Waals surface area contributed by atoms with Crippen molar-refractivity contribution in [2.24, 2.45) is 5.92 Å². The highest BCUT2D eigenvalue weighted by Gasteiger charge is 2.25.